The van der Waals surface area contributed by atoms with Crippen molar-refractivity contribution in [2.75, 3.05) is 6.54 Å². The summed E-state index contributed by atoms with van der Waals surface area (Å²) in [5, 5.41) is 3.31. The molecule has 88 valence electrons. The number of primary amides is 1. The summed E-state index contributed by atoms with van der Waals surface area (Å²) in [5.74, 6) is 0.184. The van der Waals surface area contributed by atoms with E-state index in [2.05, 4.69) is 24.4 Å². The molecule has 0 heterocycles. The molecular weight excluding hydrogens is 200 g/mol. The molecule has 1 aromatic rings. The number of nitrogens with one attached hydrogen (secondary N) is 1. The van der Waals surface area contributed by atoms with Crippen molar-refractivity contribution < 1.29 is 4.79 Å². The molecule has 3 N–H and O–H groups in total. The van der Waals surface area contributed by atoms with Gasteiger partial charge in [-0.3, -0.25) is 4.79 Å². The summed E-state index contributed by atoms with van der Waals surface area (Å²) in [7, 11) is 0. The molecule has 1 amide bonds. The first kappa shape index (κ1) is 12.7. The molecule has 0 aromatic heterocycles. The Hall–Kier alpha value is -1.35. The predicted molar refractivity (Wildman–Crippen MR) is 66.1 cm³/mol. The lowest BCUT2D eigenvalue weighted by molar-refractivity contribution is -0.118. The second-order valence-corrected chi connectivity index (χ2v) is 4.29. The molecule has 0 spiro atoms. The largest absolute Gasteiger partial charge is 0.370 e. The Morgan fingerprint density at radius 2 is 1.94 bits per heavy atom. The Morgan fingerprint density at radius 1 is 1.31 bits per heavy atom. The maximum atomic E-state index is 10.7. The summed E-state index contributed by atoms with van der Waals surface area (Å²) < 4.78 is 0. The van der Waals surface area contributed by atoms with Crippen molar-refractivity contribution in [3.05, 3.63) is 35.9 Å². The molecule has 0 bridgehead atoms. The fourth-order valence-electron chi connectivity index (χ4n) is 1.65. The summed E-state index contributed by atoms with van der Waals surface area (Å²) in [6.45, 7) is 5.00. The third kappa shape index (κ3) is 4.45. The molecule has 0 aliphatic heterocycles. The van der Waals surface area contributed by atoms with E-state index in [0.29, 0.717) is 12.3 Å². The highest BCUT2D eigenvalue weighted by atomic mass is 16.1. The Kier molecular flexibility index (Phi) is 4.99. The quantitative estimate of drug-likeness (QED) is 0.765. The molecule has 0 saturated carbocycles. The standard InChI is InChI=1S/C13H20N2O/c1-10(12-6-4-3-5-7-12)9-15-11(2)8-13(14)16/h3-7,10-11,15H,8-9H2,1-2H3,(H2,14,16)/t10-,11+/m0/s1. The van der Waals surface area contributed by atoms with Crippen LogP contribution in [0.4, 0.5) is 0 Å². The minimum Gasteiger partial charge on any atom is -0.370 e. The molecule has 0 saturated heterocycles. The minimum atomic E-state index is -0.257. The molecule has 16 heavy (non-hydrogen) atoms. The molecule has 2 atom stereocenters. The maximum Gasteiger partial charge on any atom is 0.218 e. The van der Waals surface area contributed by atoms with Crippen molar-refractivity contribution in [3.63, 3.8) is 0 Å². The average molecular weight is 220 g/mol. The van der Waals surface area contributed by atoms with Gasteiger partial charge in [0, 0.05) is 19.0 Å². The monoisotopic (exact) mass is 220 g/mol. The van der Waals surface area contributed by atoms with Crippen LogP contribution in [0.15, 0.2) is 30.3 Å². The van der Waals surface area contributed by atoms with Crippen molar-refractivity contribution in [1.82, 2.24) is 5.32 Å². The predicted octanol–water partition coefficient (Wildman–Crippen LogP) is 1.64. The van der Waals surface area contributed by atoms with Gasteiger partial charge in [-0.25, -0.2) is 0 Å². The molecule has 1 rings (SSSR count). The van der Waals surface area contributed by atoms with Crippen molar-refractivity contribution in [2.45, 2.75) is 32.2 Å². The highest BCUT2D eigenvalue weighted by Crippen LogP contribution is 2.13. The van der Waals surface area contributed by atoms with Gasteiger partial charge in [0.1, 0.15) is 0 Å². The first-order chi connectivity index (χ1) is 7.59. The molecule has 3 heteroatoms. The third-order valence-electron chi connectivity index (χ3n) is 2.65. The number of benzene rings is 1. The van der Waals surface area contributed by atoms with Gasteiger partial charge < -0.3 is 11.1 Å². The van der Waals surface area contributed by atoms with E-state index in [9.17, 15) is 4.79 Å². The van der Waals surface area contributed by atoms with Crippen LogP contribution in [0.3, 0.4) is 0 Å². The number of nitrogens with two attached hydrogens (primary N) is 1. The van der Waals surface area contributed by atoms with Crippen LogP contribution in [0.1, 0.15) is 31.7 Å². The van der Waals surface area contributed by atoms with E-state index in [4.69, 9.17) is 5.73 Å². The van der Waals surface area contributed by atoms with E-state index in [1.165, 1.54) is 5.56 Å². The lowest BCUT2D eigenvalue weighted by Gasteiger charge is -2.17. The van der Waals surface area contributed by atoms with E-state index in [1.54, 1.807) is 0 Å². The Morgan fingerprint density at radius 3 is 2.50 bits per heavy atom. The number of hydrogen-bond donors (Lipinski definition) is 2. The van der Waals surface area contributed by atoms with Crippen molar-refractivity contribution >= 4 is 5.91 Å². The normalized spacial score (nSPS) is 14.4. The van der Waals surface area contributed by atoms with E-state index >= 15 is 0 Å². The molecule has 1 aromatic carbocycles. The molecule has 0 aliphatic rings. The molecule has 0 aliphatic carbocycles. The zero-order chi connectivity index (χ0) is 12.0. The van der Waals surface area contributed by atoms with Crippen LogP contribution in [0.2, 0.25) is 0 Å². The lowest BCUT2D eigenvalue weighted by atomic mass is 10.0. The van der Waals surface area contributed by atoms with Gasteiger partial charge in [0.25, 0.3) is 0 Å². The fraction of sp³-hybridized carbons (Fsp3) is 0.462. The summed E-state index contributed by atoms with van der Waals surface area (Å²) in [6.07, 6.45) is 0.390. The zero-order valence-corrected chi connectivity index (χ0v) is 9.94. The highest BCUT2D eigenvalue weighted by Gasteiger charge is 2.08. The van der Waals surface area contributed by atoms with E-state index in [1.807, 2.05) is 25.1 Å². The maximum absolute atomic E-state index is 10.7. The van der Waals surface area contributed by atoms with E-state index in [0.717, 1.165) is 6.54 Å². The lowest BCUT2D eigenvalue weighted by Crippen LogP contribution is -2.33. The van der Waals surface area contributed by atoms with Gasteiger partial charge in [-0.1, -0.05) is 37.3 Å². The first-order valence-electron chi connectivity index (χ1n) is 5.66. The van der Waals surface area contributed by atoms with Crippen LogP contribution in [0.5, 0.6) is 0 Å². The molecule has 0 fully saturated rings. The fourth-order valence-corrected chi connectivity index (χ4v) is 1.65. The van der Waals surface area contributed by atoms with Gasteiger partial charge in [-0.2, -0.15) is 0 Å². The second kappa shape index (κ2) is 6.28. The van der Waals surface area contributed by atoms with Crippen LogP contribution in [0, 0.1) is 0 Å². The van der Waals surface area contributed by atoms with Gasteiger partial charge in [-0.05, 0) is 18.4 Å². The molecule has 3 nitrogen and oxygen atoms in total. The van der Waals surface area contributed by atoms with E-state index in [-0.39, 0.29) is 11.9 Å². The second-order valence-electron chi connectivity index (χ2n) is 4.29. The highest BCUT2D eigenvalue weighted by molar-refractivity contribution is 5.74. The van der Waals surface area contributed by atoms with Crippen LogP contribution in [0.25, 0.3) is 0 Å². The van der Waals surface area contributed by atoms with Crippen molar-refractivity contribution in [2.24, 2.45) is 5.73 Å². The van der Waals surface area contributed by atoms with Gasteiger partial charge in [0.05, 0.1) is 0 Å². The third-order valence-corrected chi connectivity index (χ3v) is 2.65. The molecule has 0 unspecified atom stereocenters. The summed E-state index contributed by atoms with van der Waals surface area (Å²) in [5.41, 5.74) is 6.44. The van der Waals surface area contributed by atoms with Crippen LogP contribution >= 0.6 is 0 Å². The van der Waals surface area contributed by atoms with Gasteiger partial charge in [-0.15, -0.1) is 0 Å². The SMILES string of the molecule is C[C@H](CC(N)=O)NC[C@H](C)c1ccccc1. The number of rotatable bonds is 6. The Labute approximate surface area is 97.0 Å². The Bertz CT molecular complexity index is 324. The molecular formula is C13H20N2O. The Balaban J connectivity index is 2.35. The zero-order valence-electron chi connectivity index (χ0n) is 9.94. The van der Waals surface area contributed by atoms with Gasteiger partial charge in [0.15, 0.2) is 0 Å². The van der Waals surface area contributed by atoms with Crippen LogP contribution in [-0.4, -0.2) is 18.5 Å². The summed E-state index contributed by atoms with van der Waals surface area (Å²) in [4.78, 5) is 10.7. The summed E-state index contributed by atoms with van der Waals surface area (Å²) in [6, 6.07) is 10.5. The van der Waals surface area contributed by atoms with Gasteiger partial charge in [0.2, 0.25) is 5.91 Å². The van der Waals surface area contributed by atoms with Crippen molar-refractivity contribution in [1.29, 1.82) is 0 Å². The van der Waals surface area contributed by atoms with Crippen LogP contribution < -0.4 is 11.1 Å². The average Bonchev–Trinajstić information content (AvgIpc) is 2.26. The topological polar surface area (TPSA) is 55.1 Å². The smallest absolute Gasteiger partial charge is 0.218 e. The summed E-state index contributed by atoms with van der Waals surface area (Å²) >= 11 is 0. The number of carbonyl (C=O) groups excluding carboxylic acids is 1. The number of hydrogen-bond acceptors (Lipinski definition) is 2. The minimum absolute atomic E-state index is 0.142. The number of amides is 1. The number of carbonyl (C=O) groups is 1. The van der Waals surface area contributed by atoms with E-state index < -0.39 is 0 Å². The first-order valence-corrected chi connectivity index (χ1v) is 5.66. The molecule has 0 radical (unpaired) electrons. The van der Waals surface area contributed by atoms with Crippen LogP contribution in [-0.2, 0) is 4.79 Å². The van der Waals surface area contributed by atoms with Gasteiger partial charge >= 0.3 is 0 Å². The van der Waals surface area contributed by atoms with Crippen molar-refractivity contribution in [3.8, 4) is 0 Å².